The second kappa shape index (κ2) is 4.14. The summed E-state index contributed by atoms with van der Waals surface area (Å²) in [5, 5.41) is -0.431. The lowest BCUT2D eigenvalue weighted by Crippen LogP contribution is -2.32. The Bertz CT molecular complexity index is 367. The lowest BCUT2D eigenvalue weighted by atomic mass is 10.3. The summed E-state index contributed by atoms with van der Waals surface area (Å²) in [5.74, 6) is 0.620. The zero-order valence-electron chi connectivity index (χ0n) is 8.52. The van der Waals surface area contributed by atoms with Crippen molar-refractivity contribution in [3.8, 4) is 0 Å². The van der Waals surface area contributed by atoms with Crippen molar-refractivity contribution in [1.29, 1.82) is 0 Å². The summed E-state index contributed by atoms with van der Waals surface area (Å²) in [5.41, 5.74) is 0. The van der Waals surface area contributed by atoms with Crippen LogP contribution in [0.5, 0.6) is 0 Å². The third kappa shape index (κ3) is 2.59. The number of nitrogens with one attached hydrogen (secondary N) is 1. The minimum Gasteiger partial charge on any atom is -0.468 e. The highest BCUT2D eigenvalue weighted by molar-refractivity contribution is 7.90. The van der Waals surface area contributed by atoms with Gasteiger partial charge in [-0.05, 0) is 32.9 Å². The van der Waals surface area contributed by atoms with Crippen LogP contribution in [0.1, 0.15) is 32.6 Å². The Kier molecular flexibility index (Phi) is 3.34. The van der Waals surface area contributed by atoms with Gasteiger partial charge in [0.25, 0.3) is 0 Å². The molecule has 0 aliphatic rings. The first-order chi connectivity index (χ1) is 6.43. The average molecular weight is 217 g/mol. The van der Waals surface area contributed by atoms with Crippen LogP contribution < -0.4 is 4.72 Å². The van der Waals surface area contributed by atoms with Gasteiger partial charge in [0.2, 0.25) is 10.0 Å². The van der Waals surface area contributed by atoms with Crippen molar-refractivity contribution in [2.75, 3.05) is 0 Å². The van der Waals surface area contributed by atoms with Crippen LogP contribution in [-0.4, -0.2) is 13.7 Å². The second-order valence-electron chi connectivity index (χ2n) is 3.45. The quantitative estimate of drug-likeness (QED) is 0.834. The second-order valence-corrected chi connectivity index (χ2v) is 5.72. The molecule has 0 bridgehead atoms. The monoisotopic (exact) mass is 217 g/mol. The molecule has 1 N–H and O–H groups in total. The molecule has 0 saturated heterocycles. The van der Waals surface area contributed by atoms with Crippen molar-refractivity contribution in [2.24, 2.45) is 0 Å². The number of furan rings is 1. The van der Waals surface area contributed by atoms with Gasteiger partial charge in [-0.1, -0.05) is 0 Å². The van der Waals surface area contributed by atoms with Gasteiger partial charge in [-0.25, -0.2) is 13.1 Å². The topological polar surface area (TPSA) is 59.3 Å². The van der Waals surface area contributed by atoms with Crippen LogP contribution in [0.15, 0.2) is 22.8 Å². The fourth-order valence-corrected chi connectivity index (χ4v) is 1.86. The fourth-order valence-electron chi connectivity index (χ4n) is 0.978. The molecule has 0 aliphatic carbocycles. The molecule has 80 valence electrons. The van der Waals surface area contributed by atoms with E-state index in [2.05, 4.69) is 4.72 Å². The summed E-state index contributed by atoms with van der Waals surface area (Å²) in [6.07, 6.45) is 1.52. The molecule has 0 radical (unpaired) electrons. The molecule has 1 rings (SSSR count). The molecule has 4 nitrogen and oxygen atoms in total. The van der Waals surface area contributed by atoms with Crippen molar-refractivity contribution in [2.45, 2.75) is 32.1 Å². The van der Waals surface area contributed by atoms with Crippen molar-refractivity contribution >= 4 is 10.0 Å². The van der Waals surface area contributed by atoms with E-state index in [1.165, 1.54) is 6.26 Å². The third-order valence-corrected chi connectivity index (χ3v) is 3.85. The molecule has 0 unspecified atom stereocenters. The Labute approximate surface area is 84.4 Å². The Balaban J connectivity index is 2.71. The summed E-state index contributed by atoms with van der Waals surface area (Å²) in [7, 11) is -3.23. The van der Waals surface area contributed by atoms with E-state index >= 15 is 0 Å². The maximum absolute atomic E-state index is 11.5. The van der Waals surface area contributed by atoms with Crippen LogP contribution in [0.25, 0.3) is 0 Å². The van der Waals surface area contributed by atoms with Crippen LogP contribution in [0.4, 0.5) is 0 Å². The fraction of sp³-hybridized carbons (Fsp3) is 0.556. The van der Waals surface area contributed by atoms with E-state index in [4.69, 9.17) is 4.42 Å². The van der Waals surface area contributed by atoms with Crippen LogP contribution >= 0.6 is 0 Å². The van der Waals surface area contributed by atoms with Gasteiger partial charge >= 0.3 is 0 Å². The smallest absolute Gasteiger partial charge is 0.214 e. The summed E-state index contributed by atoms with van der Waals surface area (Å²) < 4.78 is 30.6. The van der Waals surface area contributed by atoms with Gasteiger partial charge in [0.1, 0.15) is 5.76 Å². The van der Waals surface area contributed by atoms with Gasteiger partial charge in [-0.2, -0.15) is 0 Å². The predicted molar refractivity (Wildman–Crippen MR) is 54.3 cm³/mol. The summed E-state index contributed by atoms with van der Waals surface area (Å²) >= 11 is 0. The molecule has 1 aromatic heterocycles. The molecule has 0 amide bonds. The first-order valence-corrected chi connectivity index (χ1v) is 6.02. The number of rotatable bonds is 4. The maximum Gasteiger partial charge on any atom is 0.214 e. The highest BCUT2D eigenvalue weighted by atomic mass is 32.2. The van der Waals surface area contributed by atoms with Crippen molar-refractivity contribution in [3.05, 3.63) is 24.2 Å². The molecule has 5 heteroatoms. The number of hydrogen-bond donors (Lipinski definition) is 1. The molecule has 0 aromatic carbocycles. The average Bonchev–Trinajstić information content (AvgIpc) is 2.54. The number of hydrogen-bond acceptors (Lipinski definition) is 3. The maximum atomic E-state index is 11.5. The van der Waals surface area contributed by atoms with E-state index in [1.54, 1.807) is 32.9 Å². The Hall–Kier alpha value is -0.810. The Morgan fingerprint density at radius 2 is 2.00 bits per heavy atom. The summed E-state index contributed by atoms with van der Waals surface area (Å²) in [6.45, 7) is 5.02. The molecule has 0 spiro atoms. The highest BCUT2D eigenvalue weighted by Gasteiger charge is 2.20. The Morgan fingerprint density at radius 3 is 2.43 bits per heavy atom. The largest absolute Gasteiger partial charge is 0.468 e. The minimum atomic E-state index is -3.23. The van der Waals surface area contributed by atoms with Gasteiger partial charge in [0.15, 0.2) is 0 Å². The van der Waals surface area contributed by atoms with E-state index in [0.717, 1.165) is 0 Å². The molecule has 14 heavy (non-hydrogen) atoms. The van der Waals surface area contributed by atoms with Crippen molar-refractivity contribution in [1.82, 2.24) is 4.72 Å². The molecule has 1 aromatic rings. The number of sulfonamides is 1. The standard InChI is InChI=1S/C9H15NO3S/c1-7(2)14(11,12)10-8(3)9-5-4-6-13-9/h4-8,10H,1-3H3/t8-/m0/s1. The minimum absolute atomic E-state index is 0.322. The van der Waals surface area contributed by atoms with Gasteiger partial charge < -0.3 is 4.42 Å². The van der Waals surface area contributed by atoms with Gasteiger partial charge in [-0.3, -0.25) is 0 Å². The lowest BCUT2D eigenvalue weighted by Gasteiger charge is -2.13. The summed E-state index contributed by atoms with van der Waals surface area (Å²) in [4.78, 5) is 0. The van der Waals surface area contributed by atoms with E-state index < -0.39 is 15.3 Å². The van der Waals surface area contributed by atoms with Crippen LogP contribution in [-0.2, 0) is 10.0 Å². The Morgan fingerprint density at radius 1 is 1.36 bits per heavy atom. The van der Waals surface area contributed by atoms with E-state index in [-0.39, 0.29) is 6.04 Å². The highest BCUT2D eigenvalue weighted by Crippen LogP contribution is 2.14. The molecular formula is C9H15NO3S. The zero-order valence-corrected chi connectivity index (χ0v) is 9.34. The van der Waals surface area contributed by atoms with Gasteiger partial charge in [0.05, 0.1) is 17.6 Å². The van der Waals surface area contributed by atoms with Gasteiger partial charge in [-0.15, -0.1) is 0 Å². The molecule has 1 atom stereocenters. The van der Waals surface area contributed by atoms with Crippen LogP contribution in [0, 0.1) is 0 Å². The summed E-state index contributed by atoms with van der Waals surface area (Å²) in [6, 6.07) is 3.15. The molecule has 0 fully saturated rings. The van der Waals surface area contributed by atoms with Crippen LogP contribution in [0.2, 0.25) is 0 Å². The van der Waals surface area contributed by atoms with E-state index in [9.17, 15) is 8.42 Å². The molecule has 0 saturated carbocycles. The predicted octanol–water partition coefficient (Wildman–Crippen LogP) is 1.67. The SMILES string of the molecule is CC(C)S(=O)(=O)N[C@@H](C)c1ccco1. The third-order valence-electron chi connectivity index (χ3n) is 1.93. The van der Waals surface area contributed by atoms with Crippen LogP contribution in [0.3, 0.4) is 0 Å². The first-order valence-electron chi connectivity index (χ1n) is 4.48. The lowest BCUT2D eigenvalue weighted by molar-refractivity contribution is 0.458. The molecule has 0 aliphatic heterocycles. The zero-order chi connectivity index (χ0) is 10.8. The molecule has 1 heterocycles. The normalized spacial score (nSPS) is 14.6. The van der Waals surface area contributed by atoms with E-state index in [1.807, 2.05) is 0 Å². The molecular weight excluding hydrogens is 202 g/mol. The van der Waals surface area contributed by atoms with E-state index in [0.29, 0.717) is 5.76 Å². The van der Waals surface area contributed by atoms with Crippen molar-refractivity contribution < 1.29 is 12.8 Å². The van der Waals surface area contributed by atoms with Gasteiger partial charge in [0, 0.05) is 0 Å². The van der Waals surface area contributed by atoms with Crippen molar-refractivity contribution in [3.63, 3.8) is 0 Å². The first kappa shape index (κ1) is 11.3.